The zero-order valence-electron chi connectivity index (χ0n) is 17.1. The van der Waals surface area contributed by atoms with E-state index in [2.05, 4.69) is 112 Å². The van der Waals surface area contributed by atoms with Gasteiger partial charge in [-0.2, -0.15) is 5.10 Å². The van der Waals surface area contributed by atoms with E-state index in [0.29, 0.717) is 11.5 Å². The van der Waals surface area contributed by atoms with Gasteiger partial charge in [0.2, 0.25) is 0 Å². The van der Waals surface area contributed by atoms with Crippen LogP contribution in [0.2, 0.25) is 0 Å². The van der Waals surface area contributed by atoms with E-state index in [-0.39, 0.29) is 23.3 Å². The molecule has 0 aliphatic rings. The summed E-state index contributed by atoms with van der Waals surface area (Å²) in [6, 6.07) is 7.69. The average molecular weight is 640 g/mol. The zero-order valence-corrected chi connectivity index (χ0v) is 22.4. The van der Waals surface area contributed by atoms with Gasteiger partial charge in [-0.25, -0.2) is 5.43 Å². The summed E-state index contributed by atoms with van der Waals surface area (Å²) in [5.74, 6) is 0.785. The summed E-state index contributed by atoms with van der Waals surface area (Å²) in [7, 11) is 0. The predicted molar refractivity (Wildman–Crippen MR) is 132 cm³/mol. The standard InChI is InChI=1S/C21H25Br2IN2O3/c1-20(2,3)12-21(4,5)13-8-15(22)19(16(23)9-13)28-11-18(27)26-25-10-14-6-7-17(24)29-14/h6-10H,11-12H2,1-5H3,(H,26,27). The summed E-state index contributed by atoms with van der Waals surface area (Å²) in [5.41, 5.74) is 3.83. The Bertz CT molecular complexity index is 879. The fourth-order valence-corrected chi connectivity index (χ4v) is 5.10. The molecular formula is C21H25Br2IN2O3. The van der Waals surface area contributed by atoms with Crippen molar-refractivity contribution in [1.82, 2.24) is 5.43 Å². The maximum absolute atomic E-state index is 12.0. The molecule has 5 nitrogen and oxygen atoms in total. The maximum atomic E-state index is 12.0. The Morgan fingerprint density at radius 2 is 1.83 bits per heavy atom. The van der Waals surface area contributed by atoms with Gasteiger partial charge in [0.25, 0.3) is 5.91 Å². The molecule has 1 aromatic heterocycles. The zero-order chi connectivity index (χ0) is 21.8. The van der Waals surface area contributed by atoms with Crippen LogP contribution in [0.3, 0.4) is 0 Å². The number of rotatable bonds is 7. The van der Waals surface area contributed by atoms with Gasteiger partial charge in [-0.1, -0.05) is 34.6 Å². The van der Waals surface area contributed by atoms with Gasteiger partial charge in [0, 0.05) is 0 Å². The molecule has 8 heteroatoms. The fraction of sp³-hybridized carbons (Fsp3) is 0.429. The van der Waals surface area contributed by atoms with Crippen molar-refractivity contribution in [1.29, 1.82) is 0 Å². The molecule has 0 aliphatic carbocycles. The molecule has 2 rings (SSSR count). The molecule has 0 bridgehead atoms. The monoisotopic (exact) mass is 638 g/mol. The van der Waals surface area contributed by atoms with E-state index in [0.717, 1.165) is 19.1 Å². The van der Waals surface area contributed by atoms with Crippen LogP contribution in [0.15, 0.2) is 42.7 Å². The molecule has 0 saturated heterocycles. The van der Waals surface area contributed by atoms with Gasteiger partial charge in [-0.3, -0.25) is 4.79 Å². The molecule has 1 aromatic carbocycles. The smallest absolute Gasteiger partial charge is 0.277 e. The van der Waals surface area contributed by atoms with Crippen LogP contribution in [-0.4, -0.2) is 18.7 Å². The number of carbonyl (C=O) groups is 1. The highest BCUT2D eigenvalue weighted by atomic mass is 127. The highest BCUT2D eigenvalue weighted by Gasteiger charge is 2.28. The molecule has 1 N–H and O–H groups in total. The molecule has 0 unspecified atom stereocenters. The third kappa shape index (κ3) is 7.71. The minimum absolute atomic E-state index is 0.00240. The number of nitrogens with zero attached hydrogens (tertiary/aromatic N) is 1. The van der Waals surface area contributed by atoms with Crippen molar-refractivity contribution in [2.45, 2.75) is 46.5 Å². The second-order valence-electron chi connectivity index (χ2n) is 8.61. The number of ether oxygens (including phenoxy) is 1. The van der Waals surface area contributed by atoms with Crippen molar-refractivity contribution in [2.24, 2.45) is 10.5 Å². The van der Waals surface area contributed by atoms with Crippen molar-refractivity contribution in [2.75, 3.05) is 6.61 Å². The number of carbonyl (C=O) groups excluding carboxylic acids is 1. The molecule has 0 fully saturated rings. The molecular weight excluding hydrogens is 615 g/mol. The van der Waals surface area contributed by atoms with Gasteiger partial charge in [-0.15, -0.1) is 0 Å². The highest BCUT2D eigenvalue weighted by Crippen LogP contribution is 2.42. The summed E-state index contributed by atoms with van der Waals surface area (Å²) in [6.07, 6.45) is 2.48. The van der Waals surface area contributed by atoms with E-state index in [4.69, 9.17) is 9.15 Å². The van der Waals surface area contributed by atoms with Crippen LogP contribution in [0.25, 0.3) is 0 Å². The summed E-state index contributed by atoms with van der Waals surface area (Å²) in [6.45, 7) is 11.0. The van der Waals surface area contributed by atoms with Crippen molar-refractivity contribution >= 4 is 66.6 Å². The molecule has 0 atom stereocenters. The summed E-state index contributed by atoms with van der Waals surface area (Å²) in [4.78, 5) is 12.0. The Hall–Kier alpha value is -0.870. The van der Waals surface area contributed by atoms with Gasteiger partial charge >= 0.3 is 0 Å². The van der Waals surface area contributed by atoms with Gasteiger partial charge in [-0.05, 0) is 102 Å². The quantitative estimate of drug-likeness (QED) is 0.210. The molecule has 2 aromatic rings. The van der Waals surface area contributed by atoms with Crippen LogP contribution in [0, 0.1) is 9.18 Å². The Morgan fingerprint density at radius 1 is 1.21 bits per heavy atom. The maximum Gasteiger partial charge on any atom is 0.277 e. The third-order valence-corrected chi connectivity index (χ3v) is 5.83. The minimum atomic E-state index is -0.363. The number of furan rings is 1. The lowest BCUT2D eigenvalue weighted by Gasteiger charge is -2.33. The molecule has 0 radical (unpaired) electrons. The van der Waals surface area contributed by atoms with Crippen LogP contribution in [0.4, 0.5) is 0 Å². The molecule has 0 spiro atoms. The Morgan fingerprint density at radius 3 is 2.34 bits per heavy atom. The van der Waals surface area contributed by atoms with Crippen LogP contribution in [0.5, 0.6) is 5.75 Å². The predicted octanol–water partition coefficient (Wildman–Crippen LogP) is 6.65. The van der Waals surface area contributed by atoms with Crippen LogP contribution < -0.4 is 10.2 Å². The first-order valence-electron chi connectivity index (χ1n) is 9.07. The Kier molecular flexibility index (Phi) is 8.38. The SMILES string of the molecule is CC(C)(C)CC(C)(C)c1cc(Br)c(OCC(=O)NN=Cc2ccc(I)o2)c(Br)c1. The fourth-order valence-electron chi connectivity index (χ4n) is 3.25. The lowest BCUT2D eigenvalue weighted by atomic mass is 9.72. The molecule has 158 valence electrons. The van der Waals surface area contributed by atoms with E-state index in [1.54, 1.807) is 6.07 Å². The first-order valence-corrected chi connectivity index (χ1v) is 11.7. The lowest BCUT2D eigenvalue weighted by molar-refractivity contribution is -0.123. The number of hydrazone groups is 1. The van der Waals surface area contributed by atoms with Crippen LogP contribution in [0.1, 0.15) is 52.4 Å². The van der Waals surface area contributed by atoms with Gasteiger partial charge in [0.15, 0.2) is 10.4 Å². The van der Waals surface area contributed by atoms with E-state index < -0.39 is 0 Å². The highest BCUT2D eigenvalue weighted by molar-refractivity contribution is 14.1. The number of hydrogen-bond acceptors (Lipinski definition) is 4. The Labute approximate surface area is 202 Å². The molecule has 0 aliphatic heterocycles. The number of benzene rings is 1. The van der Waals surface area contributed by atoms with E-state index >= 15 is 0 Å². The number of amides is 1. The largest absolute Gasteiger partial charge is 0.481 e. The minimum Gasteiger partial charge on any atom is -0.481 e. The first-order chi connectivity index (χ1) is 13.4. The van der Waals surface area contributed by atoms with Crippen LogP contribution in [-0.2, 0) is 10.2 Å². The summed E-state index contributed by atoms with van der Waals surface area (Å²) >= 11 is 9.21. The second-order valence-corrected chi connectivity index (χ2v) is 11.4. The first kappa shape index (κ1) is 24.4. The van der Waals surface area contributed by atoms with Gasteiger partial charge < -0.3 is 9.15 Å². The van der Waals surface area contributed by atoms with E-state index in [1.807, 2.05) is 6.07 Å². The normalized spacial score (nSPS) is 12.4. The number of hydrogen-bond donors (Lipinski definition) is 1. The van der Waals surface area contributed by atoms with Crippen molar-refractivity contribution in [3.05, 3.63) is 48.3 Å². The summed E-state index contributed by atoms with van der Waals surface area (Å²) in [5, 5.41) is 3.87. The topological polar surface area (TPSA) is 63.8 Å². The van der Waals surface area contributed by atoms with Gasteiger partial charge in [0.1, 0.15) is 11.5 Å². The second kappa shape index (κ2) is 9.96. The Balaban J connectivity index is 2.00. The molecule has 1 amide bonds. The summed E-state index contributed by atoms with van der Waals surface area (Å²) < 4.78 is 13.4. The van der Waals surface area contributed by atoms with Crippen molar-refractivity contribution < 1.29 is 13.9 Å². The van der Waals surface area contributed by atoms with Crippen LogP contribution >= 0.6 is 54.5 Å². The number of nitrogens with one attached hydrogen (secondary N) is 1. The molecule has 0 saturated carbocycles. The average Bonchev–Trinajstić information content (AvgIpc) is 2.97. The van der Waals surface area contributed by atoms with E-state index in [1.165, 1.54) is 11.8 Å². The number of halogens is 3. The lowest BCUT2D eigenvalue weighted by Crippen LogP contribution is -2.26. The third-order valence-electron chi connectivity index (χ3n) is 4.07. The van der Waals surface area contributed by atoms with Gasteiger partial charge in [0.05, 0.1) is 15.2 Å². The van der Waals surface area contributed by atoms with E-state index in [9.17, 15) is 4.79 Å². The van der Waals surface area contributed by atoms with Crippen molar-refractivity contribution in [3.8, 4) is 5.75 Å². The van der Waals surface area contributed by atoms with Crippen molar-refractivity contribution in [3.63, 3.8) is 0 Å². The molecule has 1 heterocycles. The molecule has 29 heavy (non-hydrogen) atoms.